The molecule has 3 heterocycles. The molecule has 0 spiro atoms. The van der Waals surface area contributed by atoms with E-state index in [-0.39, 0.29) is 11.4 Å². The largest absolute Gasteiger partial charge is 0.310 e. The Kier molecular flexibility index (Phi) is 6.52. The molecule has 6 nitrogen and oxygen atoms in total. The lowest BCUT2D eigenvalue weighted by molar-refractivity contribution is -0.125. The minimum Gasteiger partial charge on any atom is -0.310 e. The molecule has 2 aromatic heterocycles. The summed E-state index contributed by atoms with van der Waals surface area (Å²) in [5, 5.41) is 12.1. The molecule has 3 aromatic rings. The first-order valence-electron chi connectivity index (χ1n) is 11.3. The molecule has 0 saturated carbocycles. The number of pyridine rings is 2. The van der Waals surface area contributed by atoms with Crippen LogP contribution >= 0.6 is 0 Å². The van der Waals surface area contributed by atoms with Crippen LogP contribution < -0.4 is 5.32 Å². The number of nitrogens with one attached hydrogen (secondary N) is 1. The van der Waals surface area contributed by atoms with Crippen LogP contribution in [0.5, 0.6) is 0 Å². The zero-order valence-electron chi connectivity index (χ0n) is 19.2. The van der Waals surface area contributed by atoms with Gasteiger partial charge in [0.25, 0.3) is 0 Å². The number of hydrogen-bond donors (Lipinski definition) is 1. The van der Waals surface area contributed by atoms with Crippen molar-refractivity contribution in [1.82, 2.24) is 14.9 Å². The van der Waals surface area contributed by atoms with Crippen molar-refractivity contribution < 1.29 is 4.79 Å². The number of likely N-dealkylation sites (tertiary alicyclic amines) is 1. The third kappa shape index (κ3) is 4.94. The molecule has 1 aliphatic heterocycles. The molecule has 1 fully saturated rings. The van der Waals surface area contributed by atoms with Gasteiger partial charge in [0.15, 0.2) is 0 Å². The normalized spacial score (nSPS) is 18.6. The lowest BCUT2D eigenvalue weighted by atomic mass is 9.80. The van der Waals surface area contributed by atoms with Crippen molar-refractivity contribution in [2.75, 3.05) is 18.4 Å². The van der Waals surface area contributed by atoms with Gasteiger partial charge < -0.3 is 5.32 Å². The number of aromatic nitrogens is 2. The van der Waals surface area contributed by atoms with E-state index in [9.17, 15) is 4.79 Å². The standard InChI is InChI=1S/C27H29N5O/c1-26(2,23-7-3-5-16-29-23)32-18-15-27(20-32,25(33)31-24-8-4-6-17-30-24)14-13-21-9-11-22(19-28)12-10-21/h3-12,16-17H,13-15,18,20H2,1-2H3,(H,30,31,33)/t27-/m1/s1. The minimum absolute atomic E-state index is 0.00849. The Balaban J connectivity index is 1.57. The quantitative estimate of drug-likeness (QED) is 0.584. The summed E-state index contributed by atoms with van der Waals surface area (Å²) in [4.78, 5) is 24.9. The van der Waals surface area contributed by atoms with Crippen molar-refractivity contribution in [2.24, 2.45) is 5.41 Å². The number of rotatable bonds is 7. The number of aryl methyl sites for hydroxylation is 1. The van der Waals surface area contributed by atoms with E-state index in [1.54, 1.807) is 6.20 Å². The fraction of sp³-hybridized carbons (Fsp3) is 0.333. The average Bonchev–Trinajstić information content (AvgIpc) is 3.31. The first kappa shape index (κ1) is 22.6. The van der Waals surface area contributed by atoms with E-state index in [4.69, 9.17) is 5.26 Å². The molecule has 33 heavy (non-hydrogen) atoms. The minimum atomic E-state index is -0.544. The van der Waals surface area contributed by atoms with Crippen molar-refractivity contribution in [1.29, 1.82) is 5.26 Å². The van der Waals surface area contributed by atoms with E-state index in [0.717, 1.165) is 30.6 Å². The summed E-state index contributed by atoms with van der Waals surface area (Å²) in [6.07, 6.45) is 5.74. The molecule has 1 amide bonds. The van der Waals surface area contributed by atoms with Crippen LogP contribution in [-0.2, 0) is 16.8 Å². The van der Waals surface area contributed by atoms with Gasteiger partial charge in [0.1, 0.15) is 5.82 Å². The van der Waals surface area contributed by atoms with E-state index in [0.29, 0.717) is 24.3 Å². The highest BCUT2D eigenvalue weighted by molar-refractivity contribution is 5.95. The topological polar surface area (TPSA) is 81.9 Å². The number of carbonyl (C=O) groups is 1. The van der Waals surface area contributed by atoms with Gasteiger partial charge in [0.05, 0.1) is 28.3 Å². The molecular weight excluding hydrogens is 410 g/mol. The molecule has 1 aromatic carbocycles. The lowest BCUT2D eigenvalue weighted by Gasteiger charge is -2.37. The average molecular weight is 440 g/mol. The Morgan fingerprint density at radius 2 is 1.82 bits per heavy atom. The van der Waals surface area contributed by atoms with Crippen molar-refractivity contribution >= 4 is 11.7 Å². The second kappa shape index (κ2) is 9.51. The van der Waals surface area contributed by atoms with Crippen molar-refractivity contribution in [2.45, 2.75) is 38.6 Å². The number of hydrogen-bond acceptors (Lipinski definition) is 5. The maximum absolute atomic E-state index is 13.6. The van der Waals surface area contributed by atoms with Crippen LogP contribution in [0.15, 0.2) is 73.1 Å². The van der Waals surface area contributed by atoms with Gasteiger partial charge in [0, 0.05) is 25.5 Å². The van der Waals surface area contributed by atoms with Crippen molar-refractivity contribution in [3.05, 3.63) is 89.9 Å². The number of benzene rings is 1. The number of carbonyl (C=O) groups excluding carboxylic acids is 1. The van der Waals surface area contributed by atoms with Gasteiger partial charge in [-0.15, -0.1) is 0 Å². The fourth-order valence-electron chi connectivity index (χ4n) is 4.55. The van der Waals surface area contributed by atoms with Gasteiger partial charge in [-0.3, -0.25) is 14.7 Å². The van der Waals surface area contributed by atoms with Crippen LogP contribution in [0.3, 0.4) is 0 Å². The molecule has 1 atom stereocenters. The molecule has 0 aliphatic carbocycles. The fourth-order valence-corrected chi connectivity index (χ4v) is 4.55. The van der Waals surface area contributed by atoms with E-state index in [1.807, 2.05) is 66.9 Å². The van der Waals surface area contributed by atoms with Gasteiger partial charge in [-0.25, -0.2) is 4.98 Å². The number of anilines is 1. The molecule has 6 heteroatoms. The smallest absolute Gasteiger partial charge is 0.233 e. The highest BCUT2D eigenvalue weighted by Crippen LogP contribution is 2.42. The van der Waals surface area contributed by atoms with Gasteiger partial charge in [0.2, 0.25) is 5.91 Å². The molecule has 1 saturated heterocycles. The number of nitrogens with zero attached hydrogens (tertiary/aromatic N) is 4. The Bertz CT molecular complexity index is 1120. The summed E-state index contributed by atoms with van der Waals surface area (Å²) in [5.41, 5.74) is 1.94. The zero-order chi connectivity index (χ0) is 23.3. The Hall–Kier alpha value is -3.56. The maximum Gasteiger partial charge on any atom is 0.233 e. The summed E-state index contributed by atoms with van der Waals surface area (Å²) >= 11 is 0. The van der Waals surface area contributed by atoms with E-state index in [1.165, 1.54) is 0 Å². The Labute approximate surface area is 195 Å². The third-order valence-electron chi connectivity index (χ3n) is 6.80. The van der Waals surface area contributed by atoms with Crippen molar-refractivity contribution in [3.8, 4) is 6.07 Å². The first-order chi connectivity index (χ1) is 15.9. The molecule has 0 unspecified atom stereocenters. The van der Waals surface area contributed by atoms with Gasteiger partial charge in [-0.05, 0) is 75.1 Å². The summed E-state index contributed by atoms with van der Waals surface area (Å²) in [6, 6.07) is 21.3. The monoisotopic (exact) mass is 439 g/mol. The zero-order valence-corrected chi connectivity index (χ0v) is 19.2. The number of nitriles is 1. The Morgan fingerprint density at radius 1 is 1.09 bits per heavy atom. The van der Waals surface area contributed by atoms with E-state index < -0.39 is 5.41 Å². The third-order valence-corrected chi connectivity index (χ3v) is 6.80. The van der Waals surface area contributed by atoms with E-state index >= 15 is 0 Å². The highest BCUT2D eigenvalue weighted by Gasteiger charge is 2.48. The van der Waals surface area contributed by atoms with E-state index in [2.05, 4.69) is 40.1 Å². The first-order valence-corrected chi connectivity index (χ1v) is 11.3. The molecule has 0 radical (unpaired) electrons. The summed E-state index contributed by atoms with van der Waals surface area (Å²) in [5.74, 6) is 0.580. The second-order valence-electron chi connectivity index (χ2n) is 9.20. The van der Waals surface area contributed by atoms with Crippen LogP contribution in [0.25, 0.3) is 0 Å². The lowest BCUT2D eigenvalue weighted by Crippen LogP contribution is -2.45. The molecular formula is C27H29N5O. The molecule has 1 N–H and O–H groups in total. The molecule has 4 rings (SSSR count). The molecule has 1 aliphatic rings. The van der Waals surface area contributed by atoms with Crippen LogP contribution in [-0.4, -0.2) is 33.9 Å². The van der Waals surface area contributed by atoms with Crippen LogP contribution in [0, 0.1) is 16.7 Å². The predicted molar refractivity (Wildman–Crippen MR) is 128 cm³/mol. The summed E-state index contributed by atoms with van der Waals surface area (Å²) in [7, 11) is 0. The van der Waals surface area contributed by atoms with Crippen LogP contribution in [0.1, 0.15) is 43.5 Å². The summed E-state index contributed by atoms with van der Waals surface area (Å²) < 4.78 is 0. The predicted octanol–water partition coefficient (Wildman–Crippen LogP) is 4.55. The van der Waals surface area contributed by atoms with Crippen LogP contribution in [0.4, 0.5) is 5.82 Å². The van der Waals surface area contributed by atoms with Gasteiger partial charge >= 0.3 is 0 Å². The van der Waals surface area contributed by atoms with Gasteiger partial charge in [-0.1, -0.05) is 24.3 Å². The maximum atomic E-state index is 13.6. The highest BCUT2D eigenvalue weighted by atomic mass is 16.2. The second-order valence-corrected chi connectivity index (χ2v) is 9.20. The van der Waals surface area contributed by atoms with Gasteiger partial charge in [-0.2, -0.15) is 5.26 Å². The summed E-state index contributed by atoms with van der Waals surface area (Å²) in [6.45, 7) is 5.80. The Morgan fingerprint density at radius 3 is 2.45 bits per heavy atom. The molecule has 168 valence electrons. The van der Waals surface area contributed by atoms with Crippen molar-refractivity contribution in [3.63, 3.8) is 0 Å². The SMILES string of the molecule is CC(C)(c1ccccn1)N1CC[C@@](CCc2ccc(C#N)cc2)(C(=O)Nc2ccccn2)C1. The van der Waals surface area contributed by atoms with Crippen LogP contribution in [0.2, 0.25) is 0 Å². The molecule has 0 bridgehead atoms. The number of amides is 1.